The Bertz CT molecular complexity index is 66.6. The van der Waals surface area contributed by atoms with Crippen LogP contribution < -0.4 is 5.73 Å². The first-order valence-electron chi connectivity index (χ1n) is 3.68. The molecular weight excluding hydrogens is 130 g/mol. The van der Waals surface area contributed by atoms with Crippen molar-refractivity contribution in [2.45, 2.75) is 19.9 Å². The summed E-state index contributed by atoms with van der Waals surface area (Å²) in [6.07, 6.45) is 0. The van der Waals surface area contributed by atoms with Crippen LogP contribution >= 0.6 is 0 Å². The molecule has 10 heavy (non-hydrogen) atoms. The minimum Gasteiger partial charge on any atom is -0.379 e. The van der Waals surface area contributed by atoms with Gasteiger partial charge >= 0.3 is 0 Å². The third-order valence-corrected chi connectivity index (χ3v) is 0.957. The fraction of sp³-hybridized carbons (Fsp3) is 1.00. The van der Waals surface area contributed by atoms with Gasteiger partial charge in [-0.05, 0) is 13.8 Å². The van der Waals surface area contributed by atoms with Gasteiger partial charge in [-0.2, -0.15) is 0 Å². The fourth-order valence-electron chi connectivity index (χ4n) is 0.531. The predicted molar refractivity (Wildman–Crippen MR) is 41.0 cm³/mol. The van der Waals surface area contributed by atoms with Gasteiger partial charge in [-0.15, -0.1) is 0 Å². The lowest BCUT2D eigenvalue weighted by Crippen LogP contribution is -2.22. The lowest BCUT2D eigenvalue weighted by molar-refractivity contribution is 0.0489. The van der Waals surface area contributed by atoms with Crippen molar-refractivity contribution in [1.29, 1.82) is 0 Å². The number of rotatable bonds is 6. The Labute approximate surface area is 62.5 Å². The van der Waals surface area contributed by atoms with Crippen LogP contribution in [0, 0.1) is 0 Å². The molecule has 0 aliphatic rings. The van der Waals surface area contributed by atoms with Gasteiger partial charge in [-0.25, -0.2) is 0 Å². The summed E-state index contributed by atoms with van der Waals surface area (Å²) in [7, 11) is 0. The largest absolute Gasteiger partial charge is 0.379 e. The summed E-state index contributed by atoms with van der Waals surface area (Å²) >= 11 is 0. The van der Waals surface area contributed by atoms with Crippen LogP contribution in [0.4, 0.5) is 0 Å². The third kappa shape index (κ3) is 7.88. The molecule has 0 amide bonds. The molecule has 1 atom stereocenters. The standard InChI is InChI=1S/C7H17NO2/c1-3-9-4-5-10-6-7(2)8/h7H,3-6,8H2,1-2H3/t7-/m0/s1. The molecule has 0 spiro atoms. The highest BCUT2D eigenvalue weighted by molar-refractivity contribution is 4.47. The van der Waals surface area contributed by atoms with Crippen LogP contribution in [0.2, 0.25) is 0 Å². The number of ether oxygens (including phenoxy) is 2. The van der Waals surface area contributed by atoms with Crippen molar-refractivity contribution in [3.05, 3.63) is 0 Å². The van der Waals surface area contributed by atoms with Gasteiger partial charge in [0.25, 0.3) is 0 Å². The van der Waals surface area contributed by atoms with Crippen LogP contribution in [0.1, 0.15) is 13.8 Å². The van der Waals surface area contributed by atoms with Crippen molar-refractivity contribution in [2.75, 3.05) is 26.4 Å². The fourth-order valence-corrected chi connectivity index (χ4v) is 0.531. The SMILES string of the molecule is CCOCCOC[C@H](C)N. The Balaban J connectivity index is 2.77. The summed E-state index contributed by atoms with van der Waals surface area (Å²) in [4.78, 5) is 0. The smallest absolute Gasteiger partial charge is 0.0701 e. The third-order valence-electron chi connectivity index (χ3n) is 0.957. The minimum absolute atomic E-state index is 0.127. The Kier molecular flexibility index (Phi) is 6.91. The molecule has 0 saturated carbocycles. The van der Waals surface area contributed by atoms with Crippen LogP contribution in [0.15, 0.2) is 0 Å². The van der Waals surface area contributed by atoms with Gasteiger partial charge in [0.2, 0.25) is 0 Å². The number of hydrogen-bond donors (Lipinski definition) is 1. The number of nitrogens with two attached hydrogens (primary N) is 1. The van der Waals surface area contributed by atoms with E-state index < -0.39 is 0 Å². The van der Waals surface area contributed by atoms with Crippen molar-refractivity contribution in [3.8, 4) is 0 Å². The van der Waals surface area contributed by atoms with Crippen molar-refractivity contribution in [2.24, 2.45) is 5.73 Å². The first-order chi connectivity index (χ1) is 4.77. The second-order valence-electron chi connectivity index (χ2n) is 2.25. The van der Waals surface area contributed by atoms with Crippen LogP contribution in [-0.2, 0) is 9.47 Å². The van der Waals surface area contributed by atoms with Gasteiger partial charge in [0.05, 0.1) is 19.8 Å². The van der Waals surface area contributed by atoms with E-state index in [0.717, 1.165) is 6.61 Å². The quantitative estimate of drug-likeness (QED) is 0.553. The maximum Gasteiger partial charge on any atom is 0.0701 e. The highest BCUT2D eigenvalue weighted by Gasteiger charge is 1.92. The van der Waals surface area contributed by atoms with E-state index in [1.165, 1.54) is 0 Å². The molecule has 0 fully saturated rings. The van der Waals surface area contributed by atoms with E-state index >= 15 is 0 Å². The van der Waals surface area contributed by atoms with E-state index in [1.54, 1.807) is 0 Å². The summed E-state index contributed by atoms with van der Waals surface area (Å²) < 4.78 is 10.2. The molecule has 0 aromatic heterocycles. The van der Waals surface area contributed by atoms with E-state index in [1.807, 2.05) is 13.8 Å². The zero-order valence-corrected chi connectivity index (χ0v) is 6.80. The average Bonchev–Trinajstić information content (AvgIpc) is 1.87. The molecule has 0 unspecified atom stereocenters. The summed E-state index contributed by atoms with van der Waals surface area (Å²) in [5.41, 5.74) is 5.44. The van der Waals surface area contributed by atoms with Gasteiger partial charge in [-0.3, -0.25) is 0 Å². The van der Waals surface area contributed by atoms with Crippen molar-refractivity contribution in [3.63, 3.8) is 0 Å². The summed E-state index contributed by atoms with van der Waals surface area (Å²) in [5.74, 6) is 0. The van der Waals surface area contributed by atoms with Gasteiger partial charge in [0, 0.05) is 12.6 Å². The first kappa shape index (κ1) is 9.88. The molecule has 0 rings (SSSR count). The minimum atomic E-state index is 0.127. The molecule has 3 heteroatoms. The second-order valence-corrected chi connectivity index (χ2v) is 2.25. The molecule has 3 nitrogen and oxygen atoms in total. The Morgan fingerprint density at radius 2 is 1.90 bits per heavy atom. The lowest BCUT2D eigenvalue weighted by atomic mass is 10.4. The van der Waals surface area contributed by atoms with Gasteiger partial charge in [-0.1, -0.05) is 0 Å². The van der Waals surface area contributed by atoms with E-state index in [4.69, 9.17) is 15.2 Å². The van der Waals surface area contributed by atoms with Crippen molar-refractivity contribution in [1.82, 2.24) is 0 Å². The van der Waals surface area contributed by atoms with Crippen LogP contribution in [0.3, 0.4) is 0 Å². The van der Waals surface area contributed by atoms with E-state index in [9.17, 15) is 0 Å². The van der Waals surface area contributed by atoms with E-state index in [2.05, 4.69) is 0 Å². The summed E-state index contributed by atoms with van der Waals surface area (Å²) in [5, 5.41) is 0. The van der Waals surface area contributed by atoms with Gasteiger partial charge < -0.3 is 15.2 Å². The van der Waals surface area contributed by atoms with E-state index in [0.29, 0.717) is 19.8 Å². The topological polar surface area (TPSA) is 44.5 Å². The molecule has 0 saturated heterocycles. The zero-order chi connectivity index (χ0) is 7.82. The molecule has 0 aliphatic carbocycles. The van der Waals surface area contributed by atoms with Crippen LogP contribution in [-0.4, -0.2) is 32.5 Å². The molecule has 0 aromatic rings. The Hall–Kier alpha value is -0.120. The second kappa shape index (κ2) is 6.99. The highest BCUT2D eigenvalue weighted by atomic mass is 16.5. The molecule has 2 N–H and O–H groups in total. The van der Waals surface area contributed by atoms with Gasteiger partial charge in [0.1, 0.15) is 0 Å². The molecule has 0 aromatic carbocycles. The average molecular weight is 147 g/mol. The maximum absolute atomic E-state index is 5.44. The van der Waals surface area contributed by atoms with Crippen molar-refractivity contribution >= 4 is 0 Å². The molecular formula is C7H17NO2. The highest BCUT2D eigenvalue weighted by Crippen LogP contribution is 1.80. The summed E-state index contributed by atoms with van der Waals surface area (Å²) in [6.45, 7) is 6.57. The molecule has 0 bridgehead atoms. The zero-order valence-electron chi connectivity index (χ0n) is 6.80. The maximum atomic E-state index is 5.44. The monoisotopic (exact) mass is 147 g/mol. The molecule has 0 aliphatic heterocycles. The normalized spacial score (nSPS) is 13.5. The lowest BCUT2D eigenvalue weighted by Gasteiger charge is -2.05. The Morgan fingerprint density at radius 1 is 1.30 bits per heavy atom. The first-order valence-corrected chi connectivity index (χ1v) is 3.68. The van der Waals surface area contributed by atoms with Gasteiger partial charge in [0.15, 0.2) is 0 Å². The number of hydrogen-bond acceptors (Lipinski definition) is 3. The molecule has 0 radical (unpaired) electrons. The van der Waals surface area contributed by atoms with Crippen molar-refractivity contribution < 1.29 is 9.47 Å². The summed E-state index contributed by atoms with van der Waals surface area (Å²) in [6, 6.07) is 0.127. The molecule has 0 heterocycles. The predicted octanol–water partition coefficient (Wildman–Crippen LogP) is 0.387. The van der Waals surface area contributed by atoms with Crippen LogP contribution in [0.5, 0.6) is 0 Å². The Morgan fingerprint density at radius 3 is 2.40 bits per heavy atom. The van der Waals surface area contributed by atoms with E-state index in [-0.39, 0.29) is 6.04 Å². The van der Waals surface area contributed by atoms with Crippen LogP contribution in [0.25, 0.3) is 0 Å². The molecule has 62 valence electrons.